The molecule has 0 aliphatic carbocycles. The summed E-state index contributed by atoms with van der Waals surface area (Å²) in [6.07, 6.45) is 0.978. The summed E-state index contributed by atoms with van der Waals surface area (Å²) in [6.45, 7) is 1.51. The van der Waals surface area contributed by atoms with Crippen LogP contribution in [-0.4, -0.2) is 6.54 Å². The van der Waals surface area contributed by atoms with Gasteiger partial charge in [0.1, 0.15) is 12.4 Å². The highest BCUT2D eigenvalue weighted by molar-refractivity contribution is 9.10. The lowest BCUT2D eigenvalue weighted by atomic mass is 10.1. The Morgan fingerprint density at radius 3 is 2.33 bits per heavy atom. The van der Waals surface area contributed by atoms with Crippen molar-refractivity contribution < 1.29 is 4.74 Å². The molecular formula is C21H20BrNO. The topological polar surface area (TPSA) is 21.3 Å². The second-order valence-electron chi connectivity index (χ2n) is 5.61. The van der Waals surface area contributed by atoms with E-state index in [1.807, 2.05) is 42.5 Å². The summed E-state index contributed by atoms with van der Waals surface area (Å²) in [5.41, 5.74) is 3.61. The van der Waals surface area contributed by atoms with Gasteiger partial charge in [-0.25, -0.2) is 0 Å². The number of halogens is 1. The Labute approximate surface area is 151 Å². The lowest BCUT2D eigenvalue weighted by molar-refractivity contribution is 0.306. The van der Waals surface area contributed by atoms with Crippen LogP contribution in [0.4, 0.5) is 5.69 Å². The minimum absolute atomic E-state index is 0.602. The van der Waals surface area contributed by atoms with Crippen molar-refractivity contribution in [2.24, 2.45) is 0 Å². The van der Waals surface area contributed by atoms with Crippen LogP contribution in [0.5, 0.6) is 5.75 Å². The molecule has 24 heavy (non-hydrogen) atoms. The van der Waals surface area contributed by atoms with Crippen LogP contribution in [0.2, 0.25) is 0 Å². The van der Waals surface area contributed by atoms with Gasteiger partial charge in [-0.3, -0.25) is 0 Å². The van der Waals surface area contributed by atoms with Gasteiger partial charge in [0.2, 0.25) is 0 Å². The van der Waals surface area contributed by atoms with Gasteiger partial charge < -0.3 is 10.1 Å². The van der Waals surface area contributed by atoms with Crippen molar-refractivity contribution in [2.45, 2.75) is 13.0 Å². The Balaban J connectivity index is 1.46. The minimum Gasteiger partial charge on any atom is -0.489 e. The average Bonchev–Trinajstić information content (AvgIpc) is 2.62. The van der Waals surface area contributed by atoms with Crippen LogP contribution in [0.25, 0.3) is 0 Å². The van der Waals surface area contributed by atoms with Crippen molar-refractivity contribution in [3.8, 4) is 5.75 Å². The molecule has 0 aliphatic rings. The van der Waals surface area contributed by atoms with Gasteiger partial charge in [-0.2, -0.15) is 0 Å². The molecule has 0 aromatic heterocycles. The molecule has 1 N–H and O–H groups in total. The van der Waals surface area contributed by atoms with E-state index >= 15 is 0 Å². The van der Waals surface area contributed by atoms with Crippen LogP contribution in [-0.2, 0) is 13.0 Å². The number of anilines is 1. The molecule has 0 fully saturated rings. The average molecular weight is 382 g/mol. The fraction of sp³-hybridized carbons (Fsp3) is 0.143. The molecular weight excluding hydrogens is 362 g/mol. The molecule has 0 radical (unpaired) electrons. The van der Waals surface area contributed by atoms with E-state index in [-0.39, 0.29) is 0 Å². The van der Waals surface area contributed by atoms with Gasteiger partial charge in [0.25, 0.3) is 0 Å². The normalized spacial score (nSPS) is 10.4. The highest BCUT2D eigenvalue weighted by atomic mass is 79.9. The van der Waals surface area contributed by atoms with Gasteiger partial charge in [-0.1, -0.05) is 64.5 Å². The fourth-order valence-corrected chi connectivity index (χ4v) is 2.84. The largest absolute Gasteiger partial charge is 0.489 e. The van der Waals surface area contributed by atoms with Crippen molar-refractivity contribution in [2.75, 3.05) is 11.9 Å². The lowest BCUT2D eigenvalue weighted by Crippen LogP contribution is -2.04. The molecule has 0 atom stereocenters. The van der Waals surface area contributed by atoms with Crippen molar-refractivity contribution in [3.63, 3.8) is 0 Å². The van der Waals surface area contributed by atoms with Gasteiger partial charge in [0.05, 0.1) is 0 Å². The zero-order chi connectivity index (χ0) is 16.6. The van der Waals surface area contributed by atoms with E-state index in [1.165, 1.54) is 11.1 Å². The van der Waals surface area contributed by atoms with Crippen LogP contribution < -0.4 is 10.1 Å². The SMILES string of the molecule is Brc1cccc(NCCc2ccc(OCc3ccccc3)cc2)c1. The Hall–Kier alpha value is -2.26. The maximum Gasteiger partial charge on any atom is 0.119 e. The Morgan fingerprint density at radius 2 is 1.58 bits per heavy atom. The number of hydrogen-bond acceptors (Lipinski definition) is 2. The van der Waals surface area contributed by atoms with E-state index in [2.05, 4.69) is 57.6 Å². The zero-order valence-electron chi connectivity index (χ0n) is 13.4. The van der Waals surface area contributed by atoms with Crippen molar-refractivity contribution in [3.05, 3.63) is 94.5 Å². The summed E-state index contributed by atoms with van der Waals surface area (Å²) in [4.78, 5) is 0. The smallest absolute Gasteiger partial charge is 0.119 e. The van der Waals surface area contributed by atoms with Gasteiger partial charge in [-0.15, -0.1) is 0 Å². The molecule has 2 nitrogen and oxygen atoms in total. The molecule has 0 unspecified atom stereocenters. The molecule has 122 valence electrons. The third kappa shape index (κ3) is 5.14. The summed E-state index contributed by atoms with van der Waals surface area (Å²) in [5, 5.41) is 3.43. The summed E-state index contributed by atoms with van der Waals surface area (Å²) in [7, 11) is 0. The predicted molar refractivity (Wildman–Crippen MR) is 104 cm³/mol. The Bertz CT molecular complexity index is 756. The van der Waals surface area contributed by atoms with Crippen molar-refractivity contribution in [1.29, 1.82) is 0 Å². The molecule has 3 rings (SSSR count). The summed E-state index contributed by atoms with van der Waals surface area (Å²) >= 11 is 3.48. The first-order valence-corrected chi connectivity index (χ1v) is 8.84. The quantitative estimate of drug-likeness (QED) is 0.567. The molecule has 0 spiro atoms. The standard InChI is InChI=1S/C21H20BrNO/c22-19-7-4-8-20(15-19)23-14-13-17-9-11-21(12-10-17)24-16-18-5-2-1-3-6-18/h1-12,15,23H,13-14,16H2. The van der Waals surface area contributed by atoms with Gasteiger partial charge >= 0.3 is 0 Å². The molecule has 0 amide bonds. The van der Waals surface area contributed by atoms with Gasteiger partial charge in [0.15, 0.2) is 0 Å². The lowest BCUT2D eigenvalue weighted by Gasteiger charge is -2.09. The zero-order valence-corrected chi connectivity index (χ0v) is 15.0. The molecule has 0 bridgehead atoms. The Kier molecular flexibility index (Phi) is 5.91. The number of rotatable bonds is 7. The van der Waals surface area contributed by atoms with Gasteiger partial charge in [-0.05, 0) is 47.9 Å². The number of hydrogen-bond donors (Lipinski definition) is 1. The summed E-state index contributed by atoms with van der Waals surface area (Å²) < 4.78 is 6.90. The molecule has 0 aliphatic heterocycles. The monoisotopic (exact) mass is 381 g/mol. The third-order valence-electron chi connectivity index (χ3n) is 3.74. The number of benzene rings is 3. The number of nitrogens with one attached hydrogen (secondary N) is 1. The van der Waals surface area contributed by atoms with E-state index in [4.69, 9.17) is 4.74 Å². The van der Waals surface area contributed by atoms with E-state index in [9.17, 15) is 0 Å². The molecule has 0 saturated heterocycles. The van der Waals surface area contributed by atoms with Crippen LogP contribution >= 0.6 is 15.9 Å². The van der Waals surface area contributed by atoms with Crippen LogP contribution in [0.15, 0.2) is 83.3 Å². The van der Waals surface area contributed by atoms with Gasteiger partial charge in [0, 0.05) is 16.7 Å². The maximum absolute atomic E-state index is 5.81. The van der Waals surface area contributed by atoms with Crippen LogP contribution in [0.1, 0.15) is 11.1 Å². The van der Waals surface area contributed by atoms with E-state index in [0.29, 0.717) is 6.61 Å². The highest BCUT2D eigenvalue weighted by Crippen LogP contribution is 2.17. The first-order valence-electron chi connectivity index (χ1n) is 8.05. The third-order valence-corrected chi connectivity index (χ3v) is 4.23. The molecule has 3 heteroatoms. The van der Waals surface area contributed by atoms with Crippen LogP contribution in [0, 0.1) is 0 Å². The van der Waals surface area contributed by atoms with Crippen molar-refractivity contribution >= 4 is 21.6 Å². The molecule has 3 aromatic carbocycles. The predicted octanol–water partition coefficient (Wildman–Crippen LogP) is 5.68. The maximum atomic E-state index is 5.81. The minimum atomic E-state index is 0.602. The Morgan fingerprint density at radius 1 is 0.792 bits per heavy atom. The first-order chi connectivity index (χ1) is 11.8. The molecule has 3 aromatic rings. The second-order valence-corrected chi connectivity index (χ2v) is 6.52. The van der Waals surface area contributed by atoms with Crippen molar-refractivity contribution in [1.82, 2.24) is 0 Å². The molecule has 0 saturated carbocycles. The second kappa shape index (κ2) is 8.55. The summed E-state index contributed by atoms with van der Waals surface area (Å²) in [5.74, 6) is 0.905. The van der Waals surface area contributed by atoms with E-state index in [1.54, 1.807) is 0 Å². The van der Waals surface area contributed by atoms with E-state index in [0.717, 1.165) is 28.9 Å². The first kappa shape index (κ1) is 16.6. The van der Waals surface area contributed by atoms with Crippen LogP contribution in [0.3, 0.4) is 0 Å². The summed E-state index contributed by atoms with van der Waals surface area (Å²) in [6, 6.07) is 26.8. The fourth-order valence-electron chi connectivity index (χ4n) is 2.44. The molecule has 0 heterocycles. The highest BCUT2D eigenvalue weighted by Gasteiger charge is 1.98. The van der Waals surface area contributed by atoms with E-state index < -0.39 is 0 Å². The number of ether oxygens (including phenoxy) is 1.